The normalized spacial score (nSPS) is 10.4. The van der Waals surface area contributed by atoms with Crippen LogP contribution in [0.1, 0.15) is 0 Å². The fourth-order valence-corrected chi connectivity index (χ4v) is 4.06. The second-order valence-corrected chi connectivity index (χ2v) is 17.0. The van der Waals surface area contributed by atoms with Crippen molar-refractivity contribution in [3.63, 3.8) is 0 Å². The Hall–Kier alpha value is 1.22. The molecule has 1 aromatic rings. The molecule has 10 heavy (non-hydrogen) atoms. The Labute approximate surface area is 86.9 Å². The summed E-state index contributed by atoms with van der Waals surface area (Å²) in [6.45, 7) is 0. The van der Waals surface area contributed by atoms with Crippen molar-refractivity contribution in [2.45, 2.75) is 0 Å². The molecule has 0 bridgehead atoms. The van der Waals surface area contributed by atoms with E-state index in [9.17, 15) is 0 Å². The number of rotatable bonds is 1. The molecule has 54 valence electrons. The summed E-state index contributed by atoms with van der Waals surface area (Å²) in [5, 5.41) is 0. The minimum absolute atomic E-state index is 1.01. The summed E-state index contributed by atoms with van der Waals surface area (Å²) >= 11 is 10.5. The van der Waals surface area contributed by atoms with E-state index in [1.165, 1.54) is 4.35 Å². The predicted molar refractivity (Wildman–Crippen MR) is 57.4 cm³/mol. The molecule has 0 aliphatic carbocycles. The average Bonchev–Trinajstić information content (AvgIpc) is 1.88. The molecule has 0 aliphatic rings. The first kappa shape index (κ1) is 9.31. The molecular formula is C6H4AsBr3. The van der Waals surface area contributed by atoms with Crippen molar-refractivity contribution in [2.24, 2.45) is 0 Å². The summed E-state index contributed by atoms with van der Waals surface area (Å²) < 4.78 is 2.50. The van der Waals surface area contributed by atoms with Gasteiger partial charge in [-0.15, -0.1) is 0 Å². The van der Waals surface area contributed by atoms with Gasteiger partial charge in [0.1, 0.15) is 0 Å². The van der Waals surface area contributed by atoms with Gasteiger partial charge in [0.15, 0.2) is 0 Å². The van der Waals surface area contributed by atoms with Gasteiger partial charge in [-0.2, -0.15) is 0 Å². The van der Waals surface area contributed by atoms with Crippen LogP contribution >= 0.6 is 43.8 Å². The molecule has 0 radical (unpaired) electrons. The third-order valence-corrected chi connectivity index (χ3v) is 7.25. The fourth-order valence-electron chi connectivity index (χ4n) is 0.554. The molecule has 0 unspecified atom stereocenters. The van der Waals surface area contributed by atoms with Gasteiger partial charge in [-0.05, 0) is 0 Å². The second kappa shape index (κ2) is 4.30. The molecule has 0 aliphatic heterocycles. The van der Waals surface area contributed by atoms with Crippen molar-refractivity contribution in [3.05, 3.63) is 28.7 Å². The van der Waals surface area contributed by atoms with Crippen LogP contribution in [0.4, 0.5) is 0 Å². The molecule has 4 heteroatoms. The van der Waals surface area contributed by atoms with E-state index in [0.29, 0.717) is 0 Å². The molecule has 0 fully saturated rings. The Kier molecular flexibility index (Phi) is 4.00. The van der Waals surface area contributed by atoms with Crippen molar-refractivity contribution in [1.29, 1.82) is 0 Å². The molecule has 0 saturated heterocycles. The quantitative estimate of drug-likeness (QED) is 0.647. The first-order valence-electron chi connectivity index (χ1n) is 2.57. The van der Waals surface area contributed by atoms with Gasteiger partial charge in [-0.3, -0.25) is 0 Å². The molecule has 0 nitrogen and oxygen atoms in total. The van der Waals surface area contributed by atoms with E-state index in [4.69, 9.17) is 0 Å². The van der Waals surface area contributed by atoms with Gasteiger partial charge in [0.2, 0.25) is 0 Å². The monoisotopic (exact) mass is 388 g/mol. The molecule has 0 N–H and O–H groups in total. The van der Waals surface area contributed by atoms with Crippen LogP contribution in [0.25, 0.3) is 0 Å². The maximum atomic E-state index is 3.55. The van der Waals surface area contributed by atoms with E-state index >= 15 is 0 Å². The standard InChI is InChI=1S/C6H4AsBr3/c8-6-3-1-5(2-4-6)7(9)10/h1-4H. The molecule has 0 saturated carbocycles. The van der Waals surface area contributed by atoms with Gasteiger partial charge in [0.25, 0.3) is 0 Å². The topological polar surface area (TPSA) is 0 Å². The van der Waals surface area contributed by atoms with Gasteiger partial charge in [0.05, 0.1) is 0 Å². The van der Waals surface area contributed by atoms with Crippen LogP contribution in [0.15, 0.2) is 28.7 Å². The third kappa shape index (κ3) is 2.69. The summed E-state index contributed by atoms with van der Waals surface area (Å²) in [6, 6.07) is 8.35. The molecule has 0 aromatic heterocycles. The number of hydrogen-bond acceptors (Lipinski definition) is 0. The van der Waals surface area contributed by atoms with Gasteiger partial charge >= 0.3 is 87.8 Å². The second-order valence-electron chi connectivity index (χ2n) is 1.71. The van der Waals surface area contributed by atoms with Crippen LogP contribution in [-0.2, 0) is 0 Å². The zero-order chi connectivity index (χ0) is 7.56. The molecule has 0 heterocycles. The fraction of sp³-hybridized carbons (Fsp3) is 0. The van der Waals surface area contributed by atoms with Crippen molar-refractivity contribution < 1.29 is 0 Å². The Balaban J connectivity index is 2.89. The molecule has 0 amide bonds. The van der Waals surface area contributed by atoms with Crippen LogP contribution in [0.2, 0.25) is 0 Å². The Morgan fingerprint density at radius 1 is 1.00 bits per heavy atom. The minimum atomic E-state index is -1.01. The van der Waals surface area contributed by atoms with Crippen LogP contribution in [0.3, 0.4) is 0 Å². The van der Waals surface area contributed by atoms with E-state index in [1.807, 2.05) is 0 Å². The summed E-state index contributed by atoms with van der Waals surface area (Å²) in [5.74, 6) is 0. The van der Waals surface area contributed by atoms with E-state index in [1.54, 1.807) is 0 Å². The number of benzene rings is 1. The maximum absolute atomic E-state index is 3.55. The van der Waals surface area contributed by atoms with Gasteiger partial charge < -0.3 is 0 Å². The van der Waals surface area contributed by atoms with Crippen LogP contribution in [0.5, 0.6) is 0 Å². The van der Waals surface area contributed by atoms with Crippen molar-refractivity contribution in [1.82, 2.24) is 0 Å². The molecule has 1 rings (SSSR count). The van der Waals surface area contributed by atoms with E-state index in [0.717, 1.165) is 4.47 Å². The Morgan fingerprint density at radius 2 is 1.50 bits per heavy atom. The Morgan fingerprint density at radius 3 is 1.90 bits per heavy atom. The summed E-state index contributed by atoms with van der Waals surface area (Å²) in [6.07, 6.45) is 0. The molecule has 0 spiro atoms. The van der Waals surface area contributed by atoms with E-state index in [2.05, 4.69) is 68.1 Å². The zero-order valence-electron chi connectivity index (χ0n) is 4.89. The van der Waals surface area contributed by atoms with Crippen LogP contribution in [0, 0.1) is 0 Å². The summed E-state index contributed by atoms with van der Waals surface area (Å²) in [4.78, 5) is 0. The van der Waals surface area contributed by atoms with Crippen molar-refractivity contribution >= 4 is 59.1 Å². The first-order chi connectivity index (χ1) is 4.70. The average molecular weight is 391 g/mol. The SMILES string of the molecule is Brc1ccc([As](Br)Br)cc1. The number of hydrogen-bond donors (Lipinski definition) is 0. The Bertz CT molecular complexity index is 207. The molecular weight excluding hydrogens is 387 g/mol. The van der Waals surface area contributed by atoms with E-state index < -0.39 is 10.9 Å². The molecule has 1 aromatic carbocycles. The van der Waals surface area contributed by atoms with Gasteiger partial charge in [-0.1, -0.05) is 0 Å². The summed E-state index contributed by atoms with van der Waals surface area (Å²) in [5.41, 5.74) is 0. The van der Waals surface area contributed by atoms with Crippen LogP contribution < -0.4 is 4.35 Å². The summed E-state index contributed by atoms with van der Waals surface area (Å²) in [7, 11) is -1.01. The van der Waals surface area contributed by atoms with Gasteiger partial charge in [-0.25, -0.2) is 0 Å². The first-order valence-corrected chi connectivity index (χ1v) is 13.1. The van der Waals surface area contributed by atoms with Crippen molar-refractivity contribution in [3.8, 4) is 0 Å². The predicted octanol–water partition coefficient (Wildman–Crippen LogP) is 2.93. The van der Waals surface area contributed by atoms with Crippen molar-refractivity contribution in [2.75, 3.05) is 0 Å². The molecule has 0 atom stereocenters. The zero-order valence-corrected chi connectivity index (χ0v) is 11.5. The third-order valence-electron chi connectivity index (χ3n) is 1.02. The van der Waals surface area contributed by atoms with Crippen LogP contribution in [-0.4, -0.2) is 10.9 Å². The number of halogens is 3. The van der Waals surface area contributed by atoms with E-state index in [-0.39, 0.29) is 0 Å². The van der Waals surface area contributed by atoms with Gasteiger partial charge in [0, 0.05) is 0 Å².